The number of ketones is 1. The first-order valence-corrected chi connectivity index (χ1v) is 11.6. The van der Waals surface area contributed by atoms with Gasteiger partial charge in [0.15, 0.2) is 18.2 Å². The maximum Gasteiger partial charge on any atom is 0.185 e. The number of methoxy groups -OCH3 is 1. The summed E-state index contributed by atoms with van der Waals surface area (Å²) < 4.78 is 7.36. The molecule has 1 heterocycles. The highest BCUT2D eigenvalue weighted by Gasteiger charge is 2.03. The molecule has 0 saturated carbocycles. The fraction of sp³-hybridized carbons (Fsp3) is 0.481. The number of allylic oxidation sites excluding steroid dienone is 1. The largest absolute Gasteiger partial charge is 0.497 e. The SMILES string of the molecule is CCCCCCCCCCCC[n+]1ccc(/C=C/C(=O)c2ccc(OC)cc2)cc1. The quantitative estimate of drug-likeness (QED) is 0.140. The molecule has 1 aromatic carbocycles. The molecule has 0 N–H and O–H groups in total. The second kappa shape index (κ2) is 14.5. The van der Waals surface area contributed by atoms with Gasteiger partial charge in [0.25, 0.3) is 0 Å². The van der Waals surface area contributed by atoms with Gasteiger partial charge in [0.2, 0.25) is 0 Å². The van der Waals surface area contributed by atoms with E-state index >= 15 is 0 Å². The molecule has 3 nitrogen and oxygen atoms in total. The van der Waals surface area contributed by atoms with Crippen molar-refractivity contribution >= 4 is 11.9 Å². The zero-order valence-corrected chi connectivity index (χ0v) is 18.8. The van der Waals surface area contributed by atoms with Gasteiger partial charge < -0.3 is 4.74 Å². The molecule has 0 amide bonds. The molecule has 30 heavy (non-hydrogen) atoms. The van der Waals surface area contributed by atoms with Crippen LogP contribution >= 0.6 is 0 Å². The van der Waals surface area contributed by atoms with Crippen LogP contribution in [0.25, 0.3) is 6.08 Å². The highest BCUT2D eigenvalue weighted by molar-refractivity contribution is 6.06. The summed E-state index contributed by atoms with van der Waals surface area (Å²) in [6, 6.07) is 11.3. The first kappa shape index (κ1) is 23.9. The van der Waals surface area contributed by atoms with Crippen molar-refractivity contribution in [3.05, 3.63) is 66.0 Å². The third-order valence-electron chi connectivity index (χ3n) is 5.49. The minimum atomic E-state index is -0.000235. The summed E-state index contributed by atoms with van der Waals surface area (Å²) in [6.45, 7) is 3.33. The van der Waals surface area contributed by atoms with E-state index in [1.54, 1.807) is 37.5 Å². The Balaban J connectivity index is 1.63. The van der Waals surface area contributed by atoms with Gasteiger partial charge in [0.05, 0.1) is 7.11 Å². The Labute approximate surface area is 182 Å². The number of nitrogens with zero attached hydrogens (tertiary/aromatic N) is 1. The molecule has 0 bridgehead atoms. The molecule has 1 aromatic heterocycles. The molecule has 2 rings (SSSR count). The third-order valence-corrected chi connectivity index (χ3v) is 5.49. The van der Waals surface area contributed by atoms with E-state index in [9.17, 15) is 4.79 Å². The molecule has 3 heteroatoms. The Hall–Kier alpha value is -2.42. The van der Waals surface area contributed by atoms with Gasteiger partial charge in [-0.2, -0.15) is 0 Å². The number of unbranched alkanes of at least 4 members (excludes halogenated alkanes) is 9. The number of hydrogen-bond donors (Lipinski definition) is 0. The van der Waals surface area contributed by atoms with Crippen LogP contribution in [0.4, 0.5) is 0 Å². The van der Waals surface area contributed by atoms with Crippen LogP contribution in [0.3, 0.4) is 0 Å². The molecule has 0 fully saturated rings. The monoisotopic (exact) mass is 408 g/mol. The molecule has 0 atom stereocenters. The molecular formula is C27H38NO2+. The van der Waals surface area contributed by atoms with E-state index in [-0.39, 0.29) is 5.78 Å². The third kappa shape index (κ3) is 9.39. The fourth-order valence-electron chi connectivity index (χ4n) is 3.53. The number of rotatable bonds is 15. The van der Waals surface area contributed by atoms with Crippen molar-refractivity contribution in [2.75, 3.05) is 7.11 Å². The first-order chi connectivity index (χ1) is 14.7. The molecule has 0 aliphatic rings. The fourth-order valence-corrected chi connectivity index (χ4v) is 3.53. The van der Waals surface area contributed by atoms with E-state index in [0.29, 0.717) is 5.56 Å². The average Bonchev–Trinajstić information content (AvgIpc) is 2.79. The molecule has 0 aliphatic heterocycles. The number of benzene rings is 1. The predicted molar refractivity (Wildman–Crippen MR) is 125 cm³/mol. The van der Waals surface area contributed by atoms with Gasteiger partial charge in [-0.1, -0.05) is 64.4 Å². The average molecular weight is 409 g/mol. The smallest absolute Gasteiger partial charge is 0.185 e. The Morgan fingerprint density at radius 2 is 1.40 bits per heavy atom. The van der Waals surface area contributed by atoms with E-state index in [1.165, 1.54) is 64.2 Å². The second-order valence-electron chi connectivity index (χ2n) is 7.98. The topological polar surface area (TPSA) is 30.2 Å². The lowest BCUT2D eigenvalue weighted by molar-refractivity contribution is -0.697. The lowest BCUT2D eigenvalue weighted by atomic mass is 10.1. The van der Waals surface area contributed by atoms with E-state index in [4.69, 9.17) is 4.74 Å². The van der Waals surface area contributed by atoms with Crippen LogP contribution in [0.2, 0.25) is 0 Å². The van der Waals surface area contributed by atoms with Crippen molar-refractivity contribution in [1.29, 1.82) is 0 Å². The predicted octanol–water partition coefficient (Wildman–Crippen LogP) is 6.80. The van der Waals surface area contributed by atoms with Gasteiger partial charge in [-0.15, -0.1) is 0 Å². The standard InChI is InChI=1S/C27H38NO2/c1-3-4-5-6-7-8-9-10-11-12-21-28-22-19-24(20-23-28)13-18-27(29)25-14-16-26(30-2)17-15-25/h13-20,22-23H,3-12,21H2,1-2H3/q+1/b18-13+. The Kier molecular flexibility index (Phi) is 11.6. The van der Waals surface area contributed by atoms with Crippen molar-refractivity contribution in [2.45, 2.75) is 77.7 Å². The van der Waals surface area contributed by atoms with Gasteiger partial charge in [-0.05, 0) is 42.3 Å². The van der Waals surface area contributed by atoms with E-state index in [0.717, 1.165) is 17.9 Å². The summed E-state index contributed by atoms with van der Waals surface area (Å²) in [5.74, 6) is 0.755. The normalized spacial score (nSPS) is 11.1. The van der Waals surface area contributed by atoms with Crippen molar-refractivity contribution in [3.63, 3.8) is 0 Å². The number of carbonyl (C=O) groups excluding carboxylic acids is 1. The zero-order chi connectivity index (χ0) is 21.4. The van der Waals surface area contributed by atoms with Gasteiger partial charge in [0, 0.05) is 24.1 Å². The summed E-state index contributed by atoms with van der Waals surface area (Å²) in [5.41, 5.74) is 1.70. The highest BCUT2D eigenvalue weighted by atomic mass is 16.5. The molecule has 0 radical (unpaired) electrons. The summed E-state index contributed by atoms with van der Waals surface area (Å²) in [6.07, 6.45) is 21.3. The van der Waals surface area contributed by atoms with Crippen LogP contribution in [0.15, 0.2) is 54.9 Å². The molecule has 0 saturated heterocycles. The van der Waals surface area contributed by atoms with Crippen LogP contribution in [0, 0.1) is 0 Å². The number of pyridine rings is 1. The maximum absolute atomic E-state index is 12.3. The molecule has 162 valence electrons. The van der Waals surface area contributed by atoms with Crippen molar-refractivity contribution in [2.24, 2.45) is 0 Å². The summed E-state index contributed by atoms with van der Waals surface area (Å²) >= 11 is 0. The molecular weight excluding hydrogens is 370 g/mol. The van der Waals surface area contributed by atoms with E-state index in [2.05, 4.69) is 36.0 Å². The minimum absolute atomic E-state index is 0.000235. The highest BCUT2D eigenvalue weighted by Crippen LogP contribution is 2.13. The van der Waals surface area contributed by atoms with Crippen LogP contribution < -0.4 is 9.30 Å². The minimum Gasteiger partial charge on any atom is -0.497 e. The van der Waals surface area contributed by atoms with Crippen molar-refractivity contribution in [1.82, 2.24) is 0 Å². The van der Waals surface area contributed by atoms with Crippen LogP contribution in [-0.4, -0.2) is 12.9 Å². The lowest BCUT2D eigenvalue weighted by Crippen LogP contribution is -2.32. The summed E-state index contributed by atoms with van der Waals surface area (Å²) in [4.78, 5) is 12.3. The summed E-state index contributed by atoms with van der Waals surface area (Å²) in [5, 5.41) is 0. The van der Waals surface area contributed by atoms with Crippen molar-refractivity contribution in [3.8, 4) is 5.75 Å². The number of aromatic nitrogens is 1. The summed E-state index contributed by atoms with van der Waals surface area (Å²) in [7, 11) is 1.62. The van der Waals surface area contributed by atoms with Gasteiger partial charge in [0.1, 0.15) is 12.3 Å². The number of ether oxygens (including phenoxy) is 1. The Morgan fingerprint density at radius 3 is 1.97 bits per heavy atom. The van der Waals surface area contributed by atoms with Crippen LogP contribution in [-0.2, 0) is 6.54 Å². The van der Waals surface area contributed by atoms with Gasteiger partial charge in [-0.3, -0.25) is 4.79 Å². The first-order valence-electron chi connectivity index (χ1n) is 11.6. The number of carbonyl (C=O) groups is 1. The Morgan fingerprint density at radius 1 is 0.833 bits per heavy atom. The molecule has 0 aliphatic carbocycles. The molecule has 0 spiro atoms. The zero-order valence-electron chi connectivity index (χ0n) is 18.8. The maximum atomic E-state index is 12.3. The molecule has 2 aromatic rings. The molecule has 0 unspecified atom stereocenters. The van der Waals surface area contributed by atoms with Crippen LogP contribution in [0.1, 0.15) is 87.1 Å². The van der Waals surface area contributed by atoms with E-state index in [1.807, 2.05) is 6.08 Å². The van der Waals surface area contributed by atoms with Crippen molar-refractivity contribution < 1.29 is 14.1 Å². The van der Waals surface area contributed by atoms with Crippen LogP contribution in [0.5, 0.6) is 5.75 Å². The van der Waals surface area contributed by atoms with Gasteiger partial charge >= 0.3 is 0 Å². The lowest BCUT2D eigenvalue weighted by Gasteiger charge is -2.02. The number of hydrogen-bond acceptors (Lipinski definition) is 2. The second-order valence-corrected chi connectivity index (χ2v) is 7.98. The Bertz CT molecular complexity index is 747. The van der Waals surface area contributed by atoms with Gasteiger partial charge in [-0.25, -0.2) is 4.57 Å². The van der Waals surface area contributed by atoms with E-state index < -0.39 is 0 Å². The number of aryl methyl sites for hydroxylation is 1.